The molecule has 0 saturated heterocycles. The second-order valence-electron chi connectivity index (χ2n) is 9.98. The minimum absolute atomic E-state index is 0.856. The van der Waals surface area contributed by atoms with E-state index >= 15 is 0 Å². The van der Waals surface area contributed by atoms with Crippen LogP contribution in [0.15, 0.2) is 0 Å². The van der Waals surface area contributed by atoms with E-state index in [0.29, 0.717) is 0 Å². The molecule has 1 aliphatic carbocycles. The van der Waals surface area contributed by atoms with Gasteiger partial charge in [0.15, 0.2) is 0 Å². The van der Waals surface area contributed by atoms with Gasteiger partial charge in [0, 0.05) is 0 Å². The van der Waals surface area contributed by atoms with E-state index in [0.717, 1.165) is 47.3 Å². The Bertz CT molecular complexity index is 318. The van der Waals surface area contributed by atoms with E-state index in [2.05, 4.69) is 55.4 Å². The molecule has 0 aromatic rings. The van der Waals surface area contributed by atoms with Crippen molar-refractivity contribution in [2.24, 2.45) is 47.3 Å². The average Bonchev–Trinajstić information content (AvgIpc) is 2.97. The van der Waals surface area contributed by atoms with Gasteiger partial charge < -0.3 is 0 Å². The summed E-state index contributed by atoms with van der Waals surface area (Å²) >= 11 is 0. The Morgan fingerprint density at radius 3 is 1.67 bits per heavy atom. The molecule has 1 aliphatic rings. The van der Waals surface area contributed by atoms with E-state index in [1.165, 1.54) is 51.4 Å². The zero-order chi connectivity index (χ0) is 18.3. The molecule has 1 fully saturated rings. The van der Waals surface area contributed by atoms with E-state index in [9.17, 15) is 0 Å². The summed E-state index contributed by atoms with van der Waals surface area (Å²) in [4.78, 5) is 0. The van der Waals surface area contributed by atoms with Gasteiger partial charge in [0.05, 0.1) is 0 Å². The van der Waals surface area contributed by atoms with Crippen LogP contribution in [0.2, 0.25) is 0 Å². The summed E-state index contributed by atoms with van der Waals surface area (Å²) in [5, 5.41) is 0. The Morgan fingerprint density at radius 1 is 0.667 bits per heavy atom. The number of rotatable bonds is 11. The number of hydrogen-bond acceptors (Lipinski definition) is 0. The van der Waals surface area contributed by atoms with Crippen LogP contribution in [-0.2, 0) is 0 Å². The minimum atomic E-state index is 0.856. The van der Waals surface area contributed by atoms with Gasteiger partial charge in [-0.1, -0.05) is 81.1 Å². The third kappa shape index (κ3) is 7.09. The van der Waals surface area contributed by atoms with Crippen molar-refractivity contribution >= 4 is 0 Å². The molecule has 0 heteroatoms. The standard InChI is InChI=1S/C24H48/c1-9-18(5)20(7)15-24(10-2)21(8)14-23-12-11-22(16-23)13-19(6)17(3)4/h17-24H,9-16H2,1-8H3. The molecule has 0 nitrogen and oxygen atoms in total. The van der Waals surface area contributed by atoms with Crippen LogP contribution in [0.4, 0.5) is 0 Å². The lowest BCUT2D eigenvalue weighted by molar-refractivity contribution is 0.209. The van der Waals surface area contributed by atoms with Gasteiger partial charge >= 0.3 is 0 Å². The fraction of sp³-hybridized carbons (Fsp3) is 1.00. The van der Waals surface area contributed by atoms with Gasteiger partial charge in [-0.2, -0.15) is 0 Å². The van der Waals surface area contributed by atoms with Crippen molar-refractivity contribution in [2.45, 2.75) is 107 Å². The van der Waals surface area contributed by atoms with Crippen LogP contribution in [0.5, 0.6) is 0 Å². The maximum atomic E-state index is 2.56. The van der Waals surface area contributed by atoms with Crippen LogP contribution < -0.4 is 0 Å². The quantitative estimate of drug-likeness (QED) is 0.356. The highest BCUT2D eigenvalue weighted by molar-refractivity contribution is 4.81. The van der Waals surface area contributed by atoms with Crippen molar-refractivity contribution in [3.8, 4) is 0 Å². The summed E-state index contributed by atoms with van der Waals surface area (Å²) in [5.74, 6) is 7.47. The van der Waals surface area contributed by atoms with Crippen LogP contribution in [-0.4, -0.2) is 0 Å². The van der Waals surface area contributed by atoms with Gasteiger partial charge in [-0.05, 0) is 73.0 Å². The van der Waals surface area contributed by atoms with Crippen LogP contribution >= 0.6 is 0 Å². The zero-order valence-corrected chi connectivity index (χ0v) is 18.3. The first-order valence-corrected chi connectivity index (χ1v) is 11.3. The molecule has 7 unspecified atom stereocenters. The molecule has 0 amide bonds. The van der Waals surface area contributed by atoms with Crippen molar-refractivity contribution in [3.63, 3.8) is 0 Å². The first-order valence-electron chi connectivity index (χ1n) is 11.3. The van der Waals surface area contributed by atoms with E-state index in [1.807, 2.05) is 0 Å². The maximum absolute atomic E-state index is 2.56. The molecule has 144 valence electrons. The smallest absolute Gasteiger partial charge is 0.0388 e. The summed E-state index contributed by atoms with van der Waals surface area (Å²) in [6.45, 7) is 19.5. The lowest BCUT2D eigenvalue weighted by Gasteiger charge is -2.30. The molecule has 0 bridgehead atoms. The van der Waals surface area contributed by atoms with Crippen LogP contribution in [0, 0.1) is 47.3 Å². The molecule has 0 aromatic carbocycles. The Morgan fingerprint density at radius 2 is 1.21 bits per heavy atom. The molecular formula is C24H48. The summed E-state index contributed by atoms with van der Waals surface area (Å²) < 4.78 is 0. The van der Waals surface area contributed by atoms with E-state index in [-0.39, 0.29) is 0 Å². The average molecular weight is 337 g/mol. The molecule has 1 rings (SSSR count). The second kappa shape index (κ2) is 10.9. The fourth-order valence-corrected chi connectivity index (χ4v) is 5.04. The van der Waals surface area contributed by atoms with Crippen molar-refractivity contribution < 1.29 is 0 Å². The minimum Gasteiger partial charge on any atom is -0.0651 e. The summed E-state index contributed by atoms with van der Waals surface area (Å²) in [5.41, 5.74) is 0. The number of hydrogen-bond donors (Lipinski definition) is 0. The SMILES string of the molecule is CCC(C)C(C)CC(CC)C(C)CC1CCC(CC(C)C(C)C)C1. The molecule has 0 aromatic heterocycles. The van der Waals surface area contributed by atoms with Gasteiger partial charge in [0.2, 0.25) is 0 Å². The first kappa shape index (κ1) is 22.0. The lowest BCUT2D eigenvalue weighted by Crippen LogP contribution is -2.20. The van der Waals surface area contributed by atoms with Crippen LogP contribution in [0.3, 0.4) is 0 Å². The Kier molecular flexibility index (Phi) is 9.98. The third-order valence-electron chi connectivity index (χ3n) is 7.82. The highest BCUT2D eigenvalue weighted by Crippen LogP contribution is 2.41. The van der Waals surface area contributed by atoms with Crippen molar-refractivity contribution in [1.82, 2.24) is 0 Å². The van der Waals surface area contributed by atoms with Gasteiger partial charge in [-0.15, -0.1) is 0 Å². The Hall–Kier alpha value is 0. The van der Waals surface area contributed by atoms with Gasteiger partial charge in [-0.25, -0.2) is 0 Å². The summed E-state index contributed by atoms with van der Waals surface area (Å²) in [6.07, 6.45) is 11.7. The second-order valence-corrected chi connectivity index (χ2v) is 9.98. The third-order valence-corrected chi connectivity index (χ3v) is 7.82. The molecular weight excluding hydrogens is 288 g/mol. The molecule has 1 saturated carbocycles. The van der Waals surface area contributed by atoms with Crippen molar-refractivity contribution in [3.05, 3.63) is 0 Å². The molecule has 0 N–H and O–H groups in total. The lowest BCUT2D eigenvalue weighted by atomic mass is 9.76. The topological polar surface area (TPSA) is 0 Å². The molecule has 24 heavy (non-hydrogen) atoms. The normalized spacial score (nSPS) is 27.9. The molecule has 0 radical (unpaired) electrons. The zero-order valence-electron chi connectivity index (χ0n) is 18.3. The van der Waals surface area contributed by atoms with Crippen molar-refractivity contribution in [2.75, 3.05) is 0 Å². The summed E-state index contributed by atoms with van der Waals surface area (Å²) in [6, 6.07) is 0. The van der Waals surface area contributed by atoms with Gasteiger partial charge in [0.1, 0.15) is 0 Å². The Labute approximate surface area is 154 Å². The summed E-state index contributed by atoms with van der Waals surface area (Å²) in [7, 11) is 0. The van der Waals surface area contributed by atoms with Gasteiger partial charge in [0.25, 0.3) is 0 Å². The monoisotopic (exact) mass is 336 g/mol. The maximum Gasteiger partial charge on any atom is -0.0388 e. The molecule has 0 aliphatic heterocycles. The van der Waals surface area contributed by atoms with Crippen LogP contribution in [0.25, 0.3) is 0 Å². The van der Waals surface area contributed by atoms with E-state index in [1.54, 1.807) is 0 Å². The van der Waals surface area contributed by atoms with Gasteiger partial charge in [-0.3, -0.25) is 0 Å². The Balaban J connectivity index is 2.41. The first-order chi connectivity index (χ1) is 11.3. The largest absolute Gasteiger partial charge is 0.0651 e. The molecule has 0 heterocycles. The predicted octanol–water partition coefficient (Wildman–Crippen LogP) is 8.21. The highest BCUT2D eigenvalue weighted by Gasteiger charge is 2.29. The fourth-order valence-electron chi connectivity index (χ4n) is 5.04. The van der Waals surface area contributed by atoms with Crippen LogP contribution in [0.1, 0.15) is 107 Å². The highest BCUT2D eigenvalue weighted by atomic mass is 14.4. The molecule has 0 spiro atoms. The molecule has 7 atom stereocenters. The van der Waals surface area contributed by atoms with Crippen molar-refractivity contribution in [1.29, 1.82) is 0 Å². The van der Waals surface area contributed by atoms with E-state index in [4.69, 9.17) is 0 Å². The predicted molar refractivity (Wildman–Crippen MR) is 110 cm³/mol. The van der Waals surface area contributed by atoms with E-state index < -0.39 is 0 Å².